The molecule has 0 saturated heterocycles. The summed E-state index contributed by atoms with van der Waals surface area (Å²) in [5.74, 6) is 0.517. The largest absolute Gasteiger partial charge is 0.487 e. The summed E-state index contributed by atoms with van der Waals surface area (Å²) >= 11 is 1.18. The first kappa shape index (κ1) is 16.2. The number of para-hydroxylation sites is 1. The predicted molar refractivity (Wildman–Crippen MR) is 97.9 cm³/mol. The van der Waals surface area contributed by atoms with E-state index in [9.17, 15) is 4.79 Å². The number of fused-ring (bicyclic) bond motifs is 1. The van der Waals surface area contributed by atoms with Crippen LogP contribution in [0.2, 0.25) is 0 Å². The summed E-state index contributed by atoms with van der Waals surface area (Å²) in [5, 5.41) is 9.72. The minimum absolute atomic E-state index is 0.247. The molecule has 8 heteroatoms. The van der Waals surface area contributed by atoms with E-state index in [1.165, 1.54) is 11.7 Å². The molecule has 2 aromatic carbocycles. The Labute approximate surface area is 153 Å². The maximum absolute atomic E-state index is 12.3. The quantitative estimate of drug-likeness (QED) is 0.548. The lowest BCUT2D eigenvalue weighted by molar-refractivity contribution is 0.0946. The number of benzene rings is 2. The van der Waals surface area contributed by atoms with Gasteiger partial charge in [-0.25, -0.2) is 0 Å². The van der Waals surface area contributed by atoms with Crippen molar-refractivity contribution < 1.29 is 9.53 Å². The van der Waals surface area contributed by atoms with Crippen LogP contribution in [0.1, 0.15) is 21.7 Å². The van der Waals surface area contributed by atoms with Crippen molar-refractivity contribution in [2.75, 3.05) is 0 Å². The SMILES string of the molecule is O=C(NCc1ccc2nsnc2c1)c1cc(COc2ccccc2)[nH]n1. The van der Waals surface area contributed by atoms with Crippen LogP contribution in [0.25, 0.3) is 11.0 Å². The monoisotopic (exact) mass is 365 g/mol. The van der Waals surface area contributed by atoms with E-state index in [1.54, 1.807) is 6.07 Å². The van der Waals surface area contributed by atoms with Gasteiger partial charge in [-0.3, -0.25) is 9.89 Å². The lowest BCUT2D eigenvalue weighted by Crippen LogP contribution is -2.23. The van der Waals surface area contributed by atoms with Crippen LogP contribution >= 0.6 is 11.7 Å². The molecule has 26 heavy (non-hydrogen) atoms. The van der Waals surface area contributed by atoms with Crippen LogP contribution in [0.3, 0.4) is 0 Å². The summed E-state index contributed by atoms with van der Waals surface area (Å²) in [4.78, 5) is 12.3. The van der Waals surface area contributed by atoms with E-state index < -0.39 is 0 Å². The molecular formula is C18H15N5O2S. The second kappa shape index (κ2) is 7.32. The minimum Gasteiger partial charge on any atom is -0.487 e. The van der Waals surface area contributed by atoms with Crippen LogP contribution in [-0.4, -0.2) is 24.9 Å². The number of hydrogen-bond acceptors (Lipinski definition) is 6. The number of carbonyl (C=O) groups is 1. The maximum Gasteiger partial charge on any atom is 0.272 e. The van der Waals surface area contributed by atoms with Gasteiger partial charge in [-0.1, -0.05) is 24.3 Å². The lowest BCUT2D eigenvalue weighted by atomic mass is 10.2. The molecule has 130 valence electrons. The molecule has 4 aromatic rings. The van der Waals surface area contributed by atoms with Gasteiger partial charge in [0.15, 0.2) is 0 Å². The van der Waals surface area contributed by atoms with E-state index in [-0.39, 0.29) is 5.91 Å². The molecule has 7 nitrogen and oxygen atoms in total. The number of ether oxygens (including phenoxy) is 1. The zero-order valence-electron chi connectivity index (χ0n) is 13.7. The van der Waals surface area contributed by atoms with Gasteiger partial charge in [-0.15, -0.1) is 0 Å². The highest BCUT2D eigenvalue weighted by Crippen LogP contribution is 2.14. The van der Waals surface area contributed by atoms with E-state index in [0.717, 1.165) is 28.0 Å². The summed E-state index contributed by atoms with van der Waals surface area (Å²) in [6, 6.07) is 16.9. The van der Waals surface area contributed by atoms with Crippen molar-refractivity contribution in [2.45, 2.75) is 13.2 Å². The first-order chi connectivity index (χ1) is 12.8. The number of nitrogens with one attached hydrogen (secondary N) is 2. The van der Waals surface area contributed by atoms with Gasteiger partial charge in [0.05, 0.1) is 17.4 Å². The number of nitrogens with zero attached hydrogens (tertiary/aromatic N) is 3. The first-order valence-electron chi connectivity index (χ1n) is 7.99. The van der Waals surface area contributed by atoms with Crippen molar-refractivity contribution in [1.82, 2.24) is 24.3 Å². The summed E-state index contributed by atoms with van der Waals surface area (Å²) in [6.07, 6.45) is 0. The van der Waals surface area contributed by atoms with Gasteiger partial charge in [0, 0.05) is 6.54 Å². The minimum atomic E-state index is -0.247. The number of rotatable bonds is 6. The van der Waals surface area contributed by atoms with E-state index in [0.29, 0.717) is 18.8 Å². The fourth-order valence-electron chi connectivity index (χ4n) is 2.44. The van der Waals surface area contributed by atoms with Crippen LogP contribution in [0.15, 0.2) is 54.6 Å². The molecule has 2 aromatic heterocycles. The molecule has 4 rings (SSSR count). The Hall–Kier alpha value is -3.26. The van der Waals surface area contributed by atoms with E-state index >= 15 is 0 Å². The Kier molecular flexibility index (Phi) is 4.57. The highest BCUT2D eigenvalue weighted by atomic mass is 32.1. The van der Waals surface area contributed by atoms with Crippen molar-refractivity contribution >= 4 is 28.7 Å². The fourth-order valence-corrected chi connectivity index (χ4v) is 2.96. The zero-order valence-corrected chi connectivity index (χ0v) is 14.5. The number of amides is 1. The Morgan fingerprint density at radius 1 is 1.08 bits per heavy atom. The molecule has 0 radical (unpaired) electrons. The molecule has 0 spiro atoms. The van der Waals surface area contributed by atoms with Crippen molar-refractivity contribution in [2.24, 2.45) is 0 Å². The zero-order chi connectivity index (χ0) is 17.8. The number of aromatic nitrogens is 4. The van der Waals surface area contributed by atoms with Crippen molar-refractivity contribution in [3.8, 4) is 5.75 Å². The molecule has 2 N–H and O–H groups in total. The molecule has 0 fully saturated rings. The molecule has 0 bridgehead atoms. The van der Waals surface area contributed by atoms with Gasteiger partial charge in [0.25, 0.3) is 5.91 Å². The van der Waals surface area contributed by atoms with Gasteiger partial charge >= 0.3 is 0 Å². The molecule has 0 aliphatic carbocycles. The molecule has 0 aliphatic heterocycles. The maximum atomic E-state index is 12.3. The normalized spacial score (nSPS) is 10.8. The van der Waals surface area contributed by atoms with E-state index in [2.05, 4.69) is 24.3 Å². The predicted octanol–water partition coefficient (Wildman–Crippen LogP) is 2.92. The molecule has 0 aliphatic rings. The van der Waals surface area contributed by atoms with Crippen molar-refractivity contribution in [3.05, 3.63) is 71.5 Å². The molecular weight excluding hydrogens is 350 g/mol. The topological polar surface area (TPSA) is 92.8 Å². The van der Waals surface area contributed by atoms with Crippen molar-refractivity contribution in [3.63, 3.8) is 0 Å². The van der Waals surface area contributed by atoms with Crippen LogP contribution < -0.4 is 10.1 Å². The third-order valence-corrected chi connectivity index (χ3v) is 4.33. The average molecular weight is 365 g/mol. The Bertz CT molecular complexity index is 1030. The molecule has 0 saturated carbocycles. The molecule has 0 atom stereocenters. The standard InChI is InChI=1S/C18H15N5O2S/c24-18(19-10-12-6-7-15-16(8-12)23-26-22-15)17-9-13(20-21-17)11-25-14-4-2-1-3-5-14/h1-9H,10-11H2,(H,19,24)(H,20,21). The summed E-state index contributed by atoms with van der Waals surface area (Å²) in [6.45, 7) is 0.715. The number of aromatic amines is 1. The van der Waals surface area contributed by atoms with Gasteiger partial charge in [-0.05, 0) is 35.9 Å². The van der Waals surface area contributed by atoms with Gasteiger partial charge in [0.1, 0.15) is 29.1 Å². The van der Waals surface area contributed by atoms with Crippen LogP contribution in [-0.2, 0) is 13.2 Å². The summed E-state index contributed by atoms with van der Waals surface area (Å²) < 4.78 is 14.0. The van der Waals surface area contributed by atoms with Crippen LogP contribution in [0.5, 0.6) is 5.75 Å². The molecule has 2 heterocycles. The Morgan fingerprint density at radius 2 is 1.92 bits per heavy atom. The molecule has 1 amide bonds. The van der Waals surface area contributed by atoms with Crippen LogP contribution in [0.4, 0.5) is 0 Å². The van der Waals surface area contributed by atoms with Gasteiger partial charge in [0.2, 0.25) is 0 Å². The number of carbonyl (C=O) groups excluding carboxylic acids is 1. The Balaban J connectivity index is 1.34. The highest BCUT2D eigenvalue weighted by Gasteiger charge is 2.11. The lowest BCUT2D eigenvalue weighted by Gasteiger charge is -2.03. The summed E-state index contributed by atoms with van der Waals surface area (Å²) in [5.41, 5.74) is 3.71. The fraction of sp³-hybridized carbons (Fsp3) is 0.111. The number of H-pyrrole nitrogens is 1. The average Bonchev–Trinajstić information content (AvgIpc) is 3.34. The van der Waals surface area contributed by atoms with Gasteiger partial charge in [-0.2, -0.15) is 13.8 Å². The Morgan fingerprint density at radius 3 is 2.81 bits per heavy atom. The second-order valence-corrected chi connectivity index (χ2v) is 6.18. The summed E-state index contributed by atoms with van der Waals surface area (Å²) in [7, 11) is 0. The number of hydrogen-bond donors (Lipinski definition) is 2. The van der Waals surface area contributed by atoms with E-state index in [1.807, 2.05) is 48.5 Å². The first-order valence-corrected chi connectivity index (χ1v) is 8.72. The molecule has 0 unspecified atom stereocenters. The van der Waals surface area contributed by atoms with Gasteiger partial charge < -0.3 is 10.1 Å². The van der Waals surface area contributed by atoms with Crippen molar-refractivity contribution in [1.29, 1.82) is 0 Å². The smallest absolute Gasteiger partial charge is 0.272 e. The third kappa shape index (κ3) is 3.70. The highest BCUT2D eigenvalue weighted by molar-refractivity contribution is 7.00. The second-order valence-electron chi connectivity index (χ2n) is 5.65. The van der Waals surface area contributed by atoms with Crippen LogP contribution in [0, 0.1) is 0 Å². The van der Waals surface area contributed by atoms with E-state index in [4.69, 9.17) is 4.74 Å². The third-order valence-electron chi connectivity index (χ3n) is 3.77.